The molecular formula is C16H23BrO3. The standard InChI is InChI=1S/C16H23BrO3/c1-15(2)9-13(16(3,4)20-15)19-14-11(10-17)7-6-8-12(14)18-5/h6-8,13H,9-10H2,1-5H3. The van der Waals surface area contributed by atoms with E-state index in [0.717, 1.165) is 28.8 Å². The summed E-state index contributed by atoms with van der Waals surface area (Å²) in [7, 11) is 1.67. The number of ether oxygens (including phenoxy) is 3. The molecule has 1 aromatic carbocycles. The van der Waals surface area contributed by atoms with Crippen LogP contribution < -0.4 is 9.47 Å². The lowest BCUT2D eigenvalue weighted by atomic mass is 9.97. The lowest BCUT2D eigenvalue weighted by molar-refractivity contribution is -0.0848. The largest absolute Gasteiger partial charge is 0.493 e. The Balaban J connectivity index is 2.30. The number of hydrogen-bond donors (Lipinski definition) is 0. The molecule has 1 saturated heterocycles. The zero-order valence-corrected chi connectivity index (χ0v) is 14.4. The van der Waals surface area contributed by atoms with E-state index in [4.69, 9.17) is 14.2 Å². The second-order valence-corrected chi connectivity index (χ2v) is 6.92. The van der Waals surface area contributed by atoms with Gasteiger partial charge in [0.25, 0.3) is 0 Å². The van der Waals surface area contributed by atoms with E-state index in [-0.39, 0.29) is 17.3 Å². The number of methoxy groups -OCH3 is 1. The fourth-order valence-corrected chi connectivity index (χ4v) is 3.24. The Bertz CT molecular complexity index is 460. The molecule has 1 heterocycles. The monoisotopic (exact) mass is 342 g/mol. The maximum absolute atomic E-state index is 6.29. The highest BCUT2D eigenvalue weighted by atomic mass is 79.9. The predicted molar refractivity (Wildman–Crippen MR) is 83.9 cm³/mol. The second kappa shape index (κ2) is 5.57. The van der Waals surface area contributed by atoms with Gasteiger partial charge in [0.1, 0.15) is 11.7 Å². The van der Waals surface area contributed by atoms with Crippen LogP contribution in [0.3, 0.4) is 0 Å². The molecule has 1 unspecified atom stereocenters. The van der Waals surface area contributed by atoms with Gasteiger partial charge < -0.3 is 14.2 Å². The number of para-hydroxylation sites is 1. The maximum Gasteiger partial charge on any atom is 0.165 e. The fraction of sp³-hybridized carbons (Fsp3) is 0.625. The molecule has 1 aliphatic heterocycles. The van der Waals surface area contributed by atoms with Gasteiger partial charge in [-0.3, -0.25) is 0 Å². The van der Waals surface area contributed by atoms with E-state index in [9.17, 15) is 0 Å². The van der Waals surface area contributed by atoms with Crippen LogP contribution in [0.15, 0.2) is 18.2 Å². The van der Waals surface area contributed by atoms with Crippen molar-refractivity contribution in [1.29, 1.82) is 0 Å². The van der Waals surface area contributed by atoms with E-state index in [2.05, 4.69) is 43.6 Å². The Morgan fingerprint density at radius 1 is 1.30 bits per heavy atom. The van der Waals surface area contributed by atoms with E-state index in [1.54, 1.807) is 7.11 Å². The number of hydrogen-bond acceptors (Lipinski definition) is 3. The Morgan fingerprint density at radius 2 is 2.00 bits per heavy atom. The van der Waals surface area contributed by atoms with Gasteiger partial charge in [0.2, 0.25) is 0 Å². The van der Waals surface area contributed by atoms with Crippen LogP contribution in [-0.2, 0) is 10.1 Å². The third-order valence-corrected chi connectivity index (χ3v) is 4.28. The second-order valence-electron chi connectivity index (χ2n) is 6.36. The van der Waals surface area contributed by atoms with Crippen molar-refractivity contribution in [3.05, 3.63) is 23.8 Å². The first-order chi connectivity index (χ1) is 9.29. The van der Waals surface area contributed by atoms with Crippen molar-refractivity contribution in [3.63, 3.8) is 0 Å². The summed E-state index contributed by atoms with van der Waals surface area (Å²) in [4.78, 5) is 0. The summed E-state index contributed by atoms with van der Waals surface area (Å²) in [5.41, 5.74) is 0.614. The third kappa shape index (κ3) is 3.12. The molecule has 0 saturated carbocycles. The van der Waals surface area contributed by atoms with Crippen molar-refractivity contribution in [2.45, 2.75) is 56.8 Å². The molecule has 1 aromatic rings. The van der Waals surface area contributed by atoms with E-state index < -0.39 is 0 Å². The molecular weight excluding hydrogens is 320 g/mol. The molecule has 3 nitrogen and oxygen atoms in total. The van der Waals surface area contributed by atoms with E-state index >= 15 is 0 Å². The van der Waals surface area contributed by atoms with Gasteiger partial charge in [0.15, 0.2) is 11.5 Å². The van der Waals surface area contributed by atoms with Crippen molar-refractivity contribution in [3.8, 4) is 11.5 Å². The third-order valence-electron chi connectivity index (χ3n) is 3.68. The van der Waals surface area contributed by atoms with Gasteiger partial charge in [-0.15, -0.1) is 0 Å². The van der Waals surface area contributed by atoms with E-state index in [1.807, 2.05) is 18.2 Å². The normalized spacial score (nSPS) is 23.6. The topological polar surface area (TPSA) is 27.7 Å². The average molecular weight is 343 g/mol. The predicted octanol–water partition coefficient (Wildman–Crippen LogP) is 4.32. The van der Waals surface area contributed by atoms with Crippen LogP contribution in [0.1, 0.15) is 39.7 Å². The van der Waals surface area contributed by atoms with Gasteiger partial charge >= 0.3 is 0 Å². The van der Waals surface area contributed by atoms with Crippen LogP contribution in [0.2, 0.25) is 0 Å². The van der Waals surface area contributed by atoms with Crippen LogP contribution in [-0.4, -0.2) is 24.4 Å². The molecule has 0 bridgehead atoms. The molecule has 1 atom stereocenters. The Labute approximate surface area is 129 Å². The fourth-order valence-electron chi connectivity index (χ4n) is 2.80. The lowest BCUT2D eigenvalue weighted by Gasteiger charge is -2.28. The Morgan fingerprint density at radius 3 is 2.50 bits per heavy atom. The molecule has 0 N–H and O–H groups in total. The Hall–Kier alpha value is -0.740. The lowest BCUT2D eigenvalue weighted by Crippen LogP contribution is -2.37. The van der Waals surface area contributed by atoms with Gasteiger partial charge in [-0.2, -0.15) is 0 Å². The minimum atomic E-state index is -0.312. The van der Waals surface area contributed by atoms with Gasteiger partial charge in [0.05, 0.1) is 12.7 Å². The van der Waals surface area contributed by atoms with Crippen LogP contribution in [0.5, 0.6) is 11.5 Å². The van der Waals surface area contributed by atoms with Crippen molar-refractivity contribution in [2.75, 3.05) is 7.11 Å². The van der Waals surface area contributed by atoms with Gasteiger partial charge in [-0.05, 0) is 33.8 Å². The first-order valence-electron chi connectivity index (χ1n) is 6.88. The van der Waals surface area contributed by atoms with Crippen molar-refractivity contribution < 1.29 is 14.2 Å². The van der Waals surface area contributed by atoms with E-state index in [0.29, 0.717) is 0 Å². The van der Waals surface area contributed by atoms with Crippen molar-refractivity contribution >= 4 is 15.9 Å². The molecule has 1 fully saturated rings. The molecule has 0 aromatic heterocycles. The van der Waals surface area contributed by atoms with E-state index in [1.165, 1.54) is 0 Å². The summed E-state index contributed by atoms with van der Waals surface area (Å²) in [6, 6.07) is 5.94. The molecule has 4 heteroatoms. The van der Waals surface area contributed by atoms with Gasteiger partial charge in [-0.1, -0.05) is 28.1 Å². The SMILES string of the molecule is COc1cccc(CBr)c1OC1CC(C)(C)OC1(C)C. The van der Waals surface area contributed by atoms with Crippen molar-refractivity contribution in [2.24, 2.45) is 0 Å². The highest BCUT2D eigenvalue weighted by Gasteiger charge is 2.47. The van der Waals surface area contributed by atoms with Crippen LogP contribution in [0.4, 0.5) is 0 Å². The summed E-state index contributed by atoms with van der Waals surface area (Å²) in [5.74, 6) is 1.58. The van der Waals surface area contributed by atoms with Gasteiger partial charge in [0, 0.05) is 17.3 Å². The number of alkyl halides is 1. The van der Waals surface area contributed by atoms with Crippen LogP contribution in [0, 0.1) is 0 Å². The zero-order chi connectivity index (χ0) is 15.0. The minimum Gasteiger partial charge on any atom is -0.493 e. The Kier molecular flexibility index (Phi) is 4.35. The molecule has 0 amide bonds. The maximum atomic E-state index is 6.29. The van der Waals surface area contributed by atoms with Crippen molar-refractivity contribution in [1.82, 2.24) is 0 Å². The molecule has 2 rings (SSSR count). The summed E-state index contributed by atoms with van der Waals surface area (Å²) in [5, 5.41) is 0.733. The zero-order valence-electron chi connectivity index (χ0n) is 12.8. The number of halogens is 1. The molecule has 20 heavy (non-hydrogen) atoms. The summed E-state index contributed by atoms with van der Waals surface area (Å²) in [6.45, 7) is 8.36. The summed E-state index contributed by atoms with van der Waals surface area (Å²) in [6.07, 6.45) is 0.867. The molecule has 0 spiro atoms. The molecule has 1 aliphatic rings. The quantitative estimate of drug-likeness (QED) is 0.763. The van der Waals surface area contributed by atoms with Gasteiger partial charge in [-0.25, -0.2) is 0 Å². The summed E-state index contributed by atoms with van der Waals surface area (Å²) < 4.78 is 17.8. The highest BCUT2D eigenvalue weighted by Crippen LogP contribution is 2.42. The molecule has 0 aliphatic carbocycles. The molecule has 112 valence electrons. The first kappa shape index (κ1) is 15.6. The first-order valence-corrected chi connectivity index (χ1v) is 8.00. The number of rotatable bonds is 4. The molecule has 0 radical (unpaired) electrons. The summed E-state index contributed by atoms with van der Waals surface area (Å²) >= 11 is 3.51. The average Bonchev–Trinajstić information content (AvgIpc) is 2.57. The van der Waals surface area contributed by atoms with Crippen LogP contribution >= 0.6 is 15.9 Å². The minimum absolute atomic E-state index is 0.00611. The van der Waals surface area contributed by atoms with Crippen LogP contribution in [0.25, 0.3) is 0 Å². The number of benzene rings is 1. The highest BCUT2D eigenvalue weighted by molar-refractivity contribution is 9.08. The smallest absolute Gasteiger partial charge is 0.165 e.